The molecule has 1 aliphatic carbocycles. The highest BCUT2D eigenvalue weighted by molar-refractivity contribution is 5.80. The third kappa shape index (κ3) is 2.02. The minimum atomic E-state index is -0.252. The zero-order valence-corrected chi connectivity index (χ0v) is 12.0. The number of rotatable bonds is 3. The molecule has 0 aliphatic heterocycles. The number of nitrogens with one attached hydrogen (secondary N) is 2. The molecule has 5 heteroatoms. The van der Waals surface area contributed by atoms with E-state index in [0.717, 1.165) is 40.5 Å². The van der Waals surface area contributed by atoms with Crippen molar-refractivity contribution >= 4 is 11.5 Å². The van der Waals surface area contributed by atoms with Crippen LogP contribution in [0.5, 0.6) is 5.75 Å². The van der Waals surface area contributed by atoms with E-state index < -0.39 is 0 Å². The van der Waals surface area contributed by atoms with Crippen LogP contribution in [-0.4, -0.2) is 17.3 Å². The largest absolute Gasteiger partial charge is 0.497 e. The lowest BCUT2D eigenvalue weighted by Crippen LogP contribution is -1.95. The van der Waals surface area contributed by atoms with Gasteiger partial charge in [-0.3, -0.25) is 5.10 Å². The molecule has 2 N–H and O–H groups in total. The summed E-state index contributed by atoms with van der Waals surface area (Å²) in [6.07, 6.45) is 0.794. The van der Waals surface area contributed by atoms with Gasteiger partial charge in [0.1, 0.15) is 11.6 Å². The number of nitrogens with zero attached hydrogens (tertiary/aromatic N) is 1. The van der Waals surface area contributed by atoms with Crippen molar-refractivity contribution < 1.29 is 9.13 Å². The van der Waals surface area contributed by atoms with Crippen LogP contribution in [0, 0.1) is 5.82 Å². The van der Waals surface area contributed by atoms with Crippen LogP contribution in [0.25, 0.3) is 11.3 Å². The summed E-state index contributed by atoms with van der Waals surface area (Å²) in [5.41, 5.74) is 5.32. The smallest absolute Gasteiger partial charge is 0.156 e. The number of halogens is 1. The second-order valence-electron chi connectivity index (χ2n) is 5.26. The fourth-order valence-corrected chi connectivity index (χ4v) is 2.81. The Morgan fingerprint density at radius 1 is 1.18 bits per heavy atom. The molecule has 1 heterocycles. The molecular weight excluding hydrogens is 281 g/mol. The predicted octanol–water partition coefficient (Wildman–Crippen LogP) is 3.87. The molecule has 3 aromatic rings. The highest BCUT2D eigenvalue weighted by atomic mass is 19.1. The Labute approximate surface area is 126 Å². The molecule has 0 fully saturated rings. The number of fused-ring (bicyclic) bond motifs is 3. The minimum Gasteiger partial charge on any atom is -0.497 e. The van der Waals surface area contributed by atoms with Crippen LogP contribution in [0.1, 0.15) is 11.1 Å². The van der Waals surface area contributed by atoms with Gasteiger partial charge < -0.3 is 10.1 Å². The Balaban J connectivity index is 1.67. The van der Waals surface area contributed by atoms with Gasteiger partial charge >= 0.3 is 0 Å². The third-order valence-electron chi connectivity index (χ3n) is 3.92. The molecule has 1 aromatic heterocycles. The van der Waals surface area contributed by atoms with Gasteiger partial charge in [-0.25, -0.2) is 4.39 Å². The first kappa shape index (κ1) is 12.9. The Morgan fingerprint density at radius 2 is 2.00 bits per heavy atom. The Hall–Kier alpha value is -2.82. The number of aromatic amines is 1. The Bertz CT molecular complexity index is 840. The maximum Gasteiger partial charge on any atom is 0.156 e. The second-order valence-corrected chi connectivity index (χ2v) is 5.26. The van der Waals surface area contributed by atoms with Crippen molar-refractivity contribution in [2.24, 2.45) is 0 Å². The van der Waals surface area contributed by atoms with Crippen molar-refractivity contribution in [1.82, 2.24) is 10.2 Å². The van der Waals surface area contributed by atoms with E-state index in [9.17, 15) is 4.39 Å². The van der Waals surface area contributed by atoms with Gasteiger partial charge in [0, 0.05) is 23.2 Å². The summed E-state index contributed by atoms with van der Waals surface area (Å²) in [4.78, 5) is 0. The lowest BCUT2D eigenvalue weighted by molar-refractivity contribution is 0.414. The van der Waals surface area contributed by atoms with Gasteiger partial charge in [-0.2, -0.15) is 5.10 Å². The molecular formula is C17H14FN3O. The normalized spacial score (nSPS) is 11.9. The van der Waals surface area contributed by atoms with Gasteiger partial charge in [0.2, 0.25) is 0 Å². The van der Waals surface area contributed by atoms with Crippen LogP contribution in [0.15, 0.2) is 42.5 Å². The first-order valence-corrected chi connectivity index (χ1v) is 7.02. The van der Waals surface area contributed by atoms with E-state index in [1.54, 1.807) is 19.2 Å². The number of ether oxygens (including phenoxy) is 1. The number of benzene rings is 2. The maximum absolute atomic E-state index is 13.0. The molecule has 4 nitrogen and oxygen atoms in total. The van der Waals surface area contributed by atoms with Gasteiger partial charge in [-0.05, 0) is 48.0 Å². The molecule has 0 radical (unpaired) electrons. The van der Waals surface area contributed by atoms with Crippen molar-refractivity contribution in [3.63, 3.8) is 0 Å². The molecule has 0 spiro atoms. The Morgan fingerprint density at radius 3 is 2.77 bits per heavy atom. The molecule has 0 saturated carbocycles. The van der Waals surface area contributed by atoms with Gasteiger partial charge in [0.25, 0.3) is 0 Å². The van der Waals surface area contributed by atoms with Crippen LogP contribution in [0.2, 0.25) is 0 Å². The molecule has 4 rings (SSSR count). The molecule has 0 amide bonds. The average Bonchev–Trinajstić information content (AvgIpc) is 3.08. The van der Waals surface area contributed by atoms with E-state index in [1.165, 1.54) is 17.7 Å². The predicted molar refractivity (Wildman–Crippen MR) is 83.1 cm³/mol. The van der Waals surface area contributed by atoms with E-state index in [0.29, 0.717) is 0 Å². The molecule has 2 aromatic carbocycles. The van der Waals surface area contributed by atoms with Crippen molar-refractivity contribution in [1.29, 1.82) is 0 Å². The summed E-state index contributed by atoms with van der Waals surface area (Å²) < 4.78 is 18.2. The van der Waals surface area contributed by atoms with Crippen LogP contribution < -0.4 is 10.1 Å². The molecule has 0 unspecified atom stereocenters. The molecule has 0 saturated heterocycles. The van der Waals surface area contributed by atoms with E-state index in [-0.39, 0.29) is 5.82 Å². The van der Waals surface area contributed by atoms with Gasteiger partial charge in [-0.1, -0.05) is 0 Å². The zero-order valence-electron chi connectivity index (χ0n) is 12.0. The van der Waals surface area contributed by atoms with Crippen molar-refractivity contribution in [3.8, 4) is 17.0 Å². The minimum absolute atomic E-state index is 0.252. The van der Waals surface area contributed by atoms with E-state index in [2.05, 4.69) is 15.5 Å². The lowest BCUT2D eigenvalue weighted by Gasteiger charge is -2.05. The summed E-state index contributed by atoms with van der Waals surface area (Å²) in [6, 6.07) is 12.3. The van der Waals surface area contributed by atoms with Crippen LogP contribution in [-0.2, 0) is 6.42 Å². The van der Waals surface area contributed by atoms with E-state index >= 15 is 0 Å². The highest BCUT2D eigenvalue weighted by Crippen LogP contribution is 2.40. The summed E-state index contributed by atoms with van der Waals surface area (Å²) >= 11 is 0. The zero-order chi connectivity index (χ0) is 15.1. The van der Waals surface area contributed by atoms with Crippen LogP contribution in [0.3, 0.4) is 0 Å². The molecule has 1 aliphatic rings. The van der Waals surface area contributed by atoms with E-state index in [1.807, 2.05) is 18.2 Å². The topological polar surface area (TPSA) is 49.9 Å². The van der Waals surface area contributed by atoms with Gasteiger partial charge in [-0.15, -0.1) is 0 Å². The summed E-state index contributed by atoms with van der Waals surface area (Å²) in [6.45, 7) is 0. The van der Waals surface area contributed by atoms with E-state index in [4.69, 9.17) is 4.74 Å². The number of methoxy groups -OCH3 is 1. The highest BCUT2D eigenvalue weighted by Gasteiger charge is 2.24. The summed E-state index contributed by atoms with van der Waals surface area (Å²) in [7, 11) is 1.67. The number of anilines is 2. The standard InChI is InChI=1S/C17H14FN3O/c1-22-13-6-7-14-10(8-13)9-15-16(14)20-21-17(15)19-12-4-2-11(18)3-5-12/h2-8H,9H2,1H3,(H2,19,20,21). The first-order chi connectivity index (χ1) is 10.7. The Kier molecular flexibility index (Phi) is 2.85. The third-order valence-corrected chi connectivity index (χ3v) is 3.92. The fraction of sp³-hybridized carbons (Fsp3) is 0.118. The second kappa shape index (κ2) is 4.87. The fourth-order valence-electron chi connectivity index (χ4n) is 2.81. The SMILES string of the molecule is COc1ccc2c(c1)Cc1c(Nc3ccc(F)cc3)n[nH]c1-2. The maximum atomic E-state index is 13.0. The average molecular weight is 295 g/mol. The van der Waals surface area contributed by atoms with Crippen LogP contribution >= 0.6 is 0 Å². The lowest BCUT2D eigenvalue weighted by atomic mass is 10.1. The summed E-state index contributed by atoms with van der Waals surface area (Å²) in [5, 5.41) is 10.7. The quantitative estimate of drug-likeness (QED) is 0.603. The monoisotopic (exact) mass is 295 g/mol. The molecule has 110 valence electrons. The number of hydrogen-bond acceptors (Lipinski definition) is 3. The number of aromatic nitrogens is 2. The number of hydrogen-bond donors (Lipinski definition) is 2. The van der Waals surface area contributed by atoms with Crippen molar-refractivity contribution in [2.45, 2.75) is 6.42 Å². The molecule has 0 bridgehead atoms. The number of H-pyrrole nitrogens is 1. The molecule has 0 atom stereocenters. The van der Waals surface area contributed by atoms with Crippen molar-refractivity contribution in [2.75, 3.05) is 12.4 Å². The van der Waals surface area contributed by atoms with Crippen LogP contribution in [0.4, 0.5) is 15.9 Å². The first-order valence-electron chi connectivity index (χ1n) is 7.02. The van der Waals surface area contributed by atoms with Gasteiger partial charge in [0.05, 0.1) is 12.8 Å². The molecule has 22 heavy (non-hydrogen) atoms. The van der Waals surface area contributed by atoms with Crippen molar-refractivity contribution in [3.05, 3.63) is 59.4 Å². The summed E-state index contributed by atoms with van der Waals surface area (Å²) in [5.74, 6) is 1.37. The van der Waals surface area contributed by atoms with Gasteiger partial charge in [0.15, 0.2) is 5.82 Å².